The van der Waals surface area contributed by atoms with Gasteiger partial charge in [-0.05, 0) is 25.2 Å². The minimum Gasteiger partial charge on any atom is -0.465 e. The SMILES string of the molecule is COC(=O)c1cc(S(=O)(=O)N2CCN(C)CC2)ccc1Cl. The van der Waals surface area contributed by atoms with Crippen molar-refractivity contribution in [2.75, 3.05) is 40.3 Å². The normalized spacial score (nSPS) is 17.7. The number of carbonyl (C=O) groups is 1. The van der Waals surface area contributed by atoms with Crippen molar-refractivity contribution < 1.29 is 17.9 Å². The van der Waals surface area contributed by atoms with Crippen molar-refractivity contribution in [2.24, 2.45) is 0 Å². The third-order valence-electron chi connectivity index (χ3n) is 3.44. The molecule has 0 unspecified atom stereocenters. The number of piperazine rings is 1. The maximum atomic E-state index is 12.6. The van der Waals surface area contributed by atoms with Crippen molar-refractivity contribution in [3.8, 4) is 0 Å². The van der Waals surface area contributed by atoms with Crippen molar-refractivity contribution in [2.45, 2.75) is 4.90 Å². The highest BCUT2D eigenvalue weighted by molar-refractivity contribution is 7.89. The highest BCUT2D eigenvalue weighted by Gasteiger charge is 2.28. The monoisotopic (exact) mass is 332 g/mol. The van der Waals surface area contributed by atoms with Crippen molar-refractivity contribution in [1.29, 1.82) is 0 Å². The molecule has 1 saturated heterocycles. The van der Waals surface area contributed by atoms with Gasteiger partial charge in [-0.15, -0.1) is 0 Å². The van der Waals surface area contributed by atoms with Crippen LogP contribution in [0.5, 0.6) is 0 Å². The summed E-state index contributed by atoms with van der Waals surface area (Å²) >= 11 is 5.91. The van der Waals surface area contributed by atoms with Gasteiger partial charge in [0.15, 0.2) is 0 Å². The summed E-state index contributed by atoms with van der Waals surface area (Å²) in [7, 11) is -0.458. The van der Waals surface area contributed by atoms with Crippen LogP contribution in [0.2, 0.25) is 5.02 Å². The number of benzene rings is 1. The first-order valence-electron chi connectivity index (χ1n) is 6.43. The number of likely N-dealkylation sites (N-methyl/N-ethyl adjacent to an activating group) is 1. The van der Waals surface area contributed by atoms with Crippen LogP contribution >= 0.6 is 11.6 Å². The molecule has 1 aromatic carbocycles. The smallest absolute Gasteiger partial charge is 0.339 e. The fraction of sp³-hybridized carbons (Fsp3) is 0.462. The van der Waals surface area contributed by atoms with Crippen molar-refractivity contribution >= 4 is 27.6 Å². The first-order valence-corrected chi connectivity index (χ1v) is 8.24. The fourth-order valence-corrected chi connectivity index (χ4v) is 3.75. The lowest BCUT2D eigenvalue weighted by Crippen LogP contribution is -2.47. The van der Waals surface area contributed by atoms with Crippen LogP contribution in [0.1, 0.15) is 10.4 Å². The Bertz CT molecular complexity index is 640. The summed E-state index contributed by atoms with van der Waals surface area (Å²) in [6.45, 7) is 2.21. The van der Waals surface area contributed by atoms with E-state index in [0.29, 0.717) is 26.2 Å². The van der Waals surface area contributed by atoms with E-state index >= 15 is 0 Å². The minimum atomic E-state index is -3.63. The zero-order valence-corrected chi connectivity index (χ0v) is 13.4. The quantitative estimate of drug-likeness (QED) is 0.774. The molecule has 0 aromatic heterocycles. The van der Waals surface area contributed by atoms with E-state index in [1.807, 2.05) is 7.05 Å². The molecule has 0 bridgehead atoms. The van der Waals surface area contributed by atoms with Gasteiger partial charge in [0.05, 0.1) is 22.6 Å². The fourth-order valence-electron chi connectivity index (χ4n) is 2.11. The number of esters is 1. The molecule has 0 spiro atoms. The van der Waals surface area contributed by atoms with Gasteiger partial charge >= 0.3 is 5.97 Å². The van der Waals surface area contributed by atoms with E-state index in [1.54, 1.807) is 0 Å². The van der Waals surface area contributed by atoms with Crippen molar-refractivity contribution in [1.82, 2.24) is 9.21 Å². The van der Waals surface area contributed by atoms with Crippen LogP contribution in [-0.4, -0.2) is 63.9 Å². The first-order chi connectivity index (χ1) is 9.86. The largest absolute Gasteiger partial charge is 0.465 e. The predicted molar refractivity (Wildman–Crippen MR) is 79.0 cm³/mol. The van der Waals surface area contributed by atoms with E-state index in [0.717, 1.165) is 0 Å². The Morgan fingerprint density at radius 1 is 1.24 bits per heavy atom. The van der Waals surface area contributed by atoms with Crippen LogP contribution in [0.4, 0.5) is 0 Å². The number of halogens is 1. The molecule has 1 aliphatic heterocycles. The van der Waals surface area contributed by atoms with Crippen LogP contribution in [0.15, 0.2) is 23.1 Å². The number of methoxy groups -OCH3 is 1. The van der Waals surface area contributed by atoms with Gasteiger partial charge < -0.3 is 9.64 Å². The van der Waals surface area contributed by atoms with Crippen LogP contribution < -0.4 is 0 Å². The molecule has 0 aliphatic carbocycles. The van der Waals surface area contributed by atoms with Crippen LogP contribution in [-0.2, 0) is 14.8 Å². The first kappa shape index (κ1) is 16.2. The molecule has 0 amide bonds. The predicted octanol–water partition coefficient (Wildman–Crippen LogP) is 1.06. The third kappa shape index (κ3) is 3.37. The molecular formula is C13H17ClN2O4S. The number of carbonyl (C=O) groups excluding carboxylic acids is 1. The van der Waals surface area contributed by atoms with Crippen LogP contribution in [0.25, 0.3) is 0 Å². The standard InChI is InChI=1S/C13H17ClN2O4S/c1-15-5-7-16(8-6-15)21(18,19)10-3-4-12(14)11(9-10)13(17)20-2/h3-4,9H,5-8H2,1-2H3. The molecule has 0 atom stereocenters. The van der Waals surface area contributed by atoms with Gasteiger partial charge in [-0.2, -0.15) is 4.31 Å². The molecule has 1 aliphatic rings. The Morgan fingerprint density at radius 2 is 1.86 bits per heavy atom. The Hall–Kier alpha value is -1.15. The average molecular weight is 333 g/mol. The molecule has 6 nitrogen and oxygen atoms in total. The number of ether oxygens (including phenoxy) is 1. The molecular weight excluding hydrogens is 316 g/mol. The number of rotatable bonds is 3. The second kappa shape index (κ2) is 6.31. The van der Waals surface area contributed by atoms with Gasteiger partial charge in [0.2, 0.25) is 10.0 Å². The Balaban J connectivity index is 2.34. The maximum absolute atomic E-state index is 12.6. The van der Waals surface area contributed by atoms with Gasteiger partial charge in [0.25, 0.3) is 0 Å². The number of hydrogen-bond donors (Lipinski definition) is 0. The molecule has 0 saturated carbocycles. The summed E-state index contributed by atoms with van der Waals surface area (Å²) in [5.41, 5.74) is 0.0503. The topological polar surface area (TPSA) is 66.9 Å². The van der Waals surface area contributed by atoms with E-state index < -0.39 is 16.0 Å². The Morgan fingerprint density at radius 3 is 2.43 bits per heavy atom. The molecule has 8 heteroatoms. The lowest BCUT2D eigenvalue weighted by molar-refractivity contribution is 0.0600. The third-order valence-corrected chi connectivity index (χ3v) is 5.67. The van der Waals surface area contributed by atoms with Crippen LogP contribution in [0.3, 0.4) is 0 Å². The van der Waals surface area contributed by atoms with Gasteiger partial charge in [0.1, 0.15) is 0 Å². The van der Waals surface area contributed by atoms with Gasteiger partial charge in [-0.3, -0.25) is 0 Å². The number of nitrogens with zero attached hydrogens (tertiary/aromatic N) is 2. The Kier molecular flexibility index (Phi) is 4.88. The Labute approximate surface area is 129 Å². The second-order valence-electron chi connectivity index (χ2n) is 4.84. The van der Waals surface area contributed by atoms with E-state index in [2.05, 4.69) is 9.64 Å². The maximum Gasteiger partial charge on any atom is 0.339 e. The molecule has 1 fully saturated rings. The summed E-state index contributed by atoms with van der Waals surface area (Å²) in [5.74, 6) is -0.657. The van der Waals surface area contributed by atoms with E-state index in [-0.39, 0.29) is 15.5 Å². The highest BCUT2D eigenvalue weighted by atomic mass is 35.5. The summed E-state index contributed by atoms with van der Waals surface area (Å²) < 4.78 is 31.2. The van der Waals surface area contributed by atoms with Crippen LogP contribution in [0, 0.1) is 0 Å². The molecule has 1 aromatic rings. The number of sulfonamides is 1. The van der Waals surface area contributed by atoms with Gasteiger partial charge in [-0.25, -0.2) is 13.2 Å². The lowest BCUT2D eigenvalue weighted by atomic mass is 10.2. The summed E-state index contributed by atoms with van der Waals surface area (Å²) in [6.07, 6.45) is 0. The molecule has 116 valence electrons. The minimum absolute atomic E-state index is 0.0503. The lowest BCUT2D eigenvalue weighted by Gasteiger charge is -2.31. The zero-order valence-electron chi connectivity index (χ0n) is 11.9. The molecule has 0 radical (unpaired) electrons. The van der Waals surface area contributed by atoms with E-state index in [9.17, 15) is 13.2 Å². The summed E-state index contributed by atoms with van der Waals surface area (Å²) in [4.78, 5) is 13.7. The van der Waals surface area contributed by atoms with E-state index in [1.165, 1.54) is 29.6 Å². The molecule has 2 rings (SSSR count). The van der Waals surface area contributed by atoms with Gasteiger partial charge in [0, 0.05) is 26.2 Å². The highest BCUT2D eigenvalue weighted by Crippen LogP contribution is 2.24. The van der Waals surface area contributed by atoms with E-state index in [4.69, 9.17) is 11.6 Å². The summed E-state index contributed by atoms with van der Waals surface area (Å²) in [5, 5.41) is 0.166. The number of hydrogen-bond acceptors (Lipinski definition) is 5. The molecule has 21 heavy (non-hydrogen) atoms. The molecule has 0 N–H and O–H groups in total. The average Bonchev–Trinajstić information content (AvgIpc) is 2.47. The zero-order chi connectivity index (χ0) is 15.6. The second-order valence-corrected chi connectivity index (χ2v) is 7.19. The summed E-state index contributed by atoms with van der Waals surface area (Å²) in [6, 6.07) is 4.07. The van der Waals surface area contributed by atoms with Crippen molar-refractivity contribution in [3.05, 3.63) is 28.8 Å². The van der Waals surface area contributed by atoms with Crippen molar-refractivity contribution in [3.63, 3.8) is 0 Å². The van der Waals surface area contributed by atoms with Gasteiger partial charge in [-0.1, -0.05) is 11.6 Å². The molecule has 1 heterocycles.